The number of benzene rings is 1. The van der Waals surface area contributed by atoms with E-state index in [0.29, 0.717) is 12.1 Å². The molecule has 1 heterocycles. The Morgan fingerprint density at radius 3 is 2.31 bits per heavy atom. The average Bonchev–Trinajstić information content (AvgIpc) is 2.99. The number of ketones is 1. The zero-order chi connectivity index (χ0) is 21.7. The second-order valence-corrected chi connectivity index (χ2v) is 6.24. The Balaban J connectivity index is 2.26. The van der Waals surface area contributed by atoms with Crippen molar-refractivity contribution in [1.82, 2.24) is 4.57 Å². The number of aromatic nitrogens is 1. The van der Waals surface area contributed by atoms with E-state index in [9.17, 15) is 19.7 Å². The molecule has 9 heteroatoms. The number of carbonyl (C=O) groups is 2. The third kappa shape index (κ3) is 4.56. The summed E-state index contributed by atoms with van der Waals surface area (Å²) < 4.78 is 17.5. The summed E-state index contributed by atoms with van der Waals surface area (Å²) >= 11 is 0. The Labute approximate surface area is 168 Å². The van der Waals surface area contributed by atoms with E-state index in [-0.39, 0.29) is 29.5 Å². The molecule has 0 aliphatic rings. The number of methoxy groups -OCH3 is 1. The van der Waals surface area contributed by atoms with Crippen LogP contribution in [0.5, 0.6) is 11.5 Å². The van der Waals surface area contributed by atoms with Crippen molar-refractivity contribution < 1.29 is 28.7 Å². The van der Waals surface area contributed by atoms with Crippen molar-refractivity contribution >= 4 is 17.4 Å². The van der Waals surface area contributed by atoms with Crippen LogP contribution in [0.4, 0.5) is 5.69 Å². The standard InChI is InChI=1S/C20H24N2O7/c1-6-21-12(3)8-14(13(21)4)17(23)11-29-20(24)15-9-18(27-5)19(28-7-2)10-16(15)22(25)26/h8-10H,6-7,11H2,1-5H3. The highest BCUT2D eigenvalue weighted by Gasteiger charge is 2.27. The van der Waals surface area contributed by atoms with Crippen LogP contribution < -0.4 is 9.47 Å². The summed E-state index contributed by atoms with van der Waals surface area (Å²) in [4.78, 5) is 35.6. The number of esters is 1. The van der Waals surface area contributed by atoms with Crippen molar-refractivity contribution in [1.29, 1.82) is 0 Å². The maximum Gasteiger partial charge on any atom is 0.345 e. The molecule has 2 rings (SSSR count). The fourth-order valence-corrected chi connectivity index (χ4v) is 3.15. The second kappa shape index (κ2) is 9.22. The van der Waals surface area contributed by atoms with E-state index in [1.807, 2.05) is 25.3 Å². The van der Waals surface area contributed by atoms with Gasteiger partial charge in [-0.15, -0.1) is 0 Å². The number of carbonyl (C=O) groups excluding carboxylic acids is 2. The first-order chi connectivity index (χ1) is 13.7. The topological polar surface area (TPSA) is 110 Å². The minimum atomic E-state index is -0.990. The summed E-state index contributed by atoms with van der Waals surface area (Å²) in [6.45, 7) is 7.83. The number of nitrogens with zero attached hydrogens (tertiary/aromatic N) is 2. The molecule has 0 saturated heterocycles. The number of aryl methyl sites for hydroxylation is 1. The Kier molecular flexibility index (Phi) is 6.98. The van der Waals surface area contributed by atoms with Gasteiger partial charge in [0.05, 0.1) is 24.7 Å². The van der Waals surface area contributed by atoms with E-state index in [1.54, 1.807) is 13.0 Å². The maximum absolute atomic E-state index is 12.5. The molecule has 0 amide bonds. The quantitative estimate of drug-likeness (QED) is 0.272. The number of rotatable bonds is 9. The number of hydrogen-bond acceptors (Lipinski definition) is 7. The fourth-order valence-electron chi connectivity index (χ4n) is 3.15. The molecule has 0 bridgehead atoms. The van der Waals surface area contributed by atoms with Gasteiger partial charge in [-0.05, 0) is 33.8 Å². The van der Waals surface area contributed by atoms with E-state index in [4.69, 9.17) is 14.2 Å². The van der Waals surface area contributed by atoms with Gasteiger partial charge in [0.25, 0.3) is 5.69 Å². The molecule has 9 nitrogen and oxygen atoms in total. The lowest BCUT2D eigenvalue weighted by Gasteiger charge is -2.11. The molecule has 0 aliphatic heterocycles. The van der Waals surface area contributed by atoms with Gasteiger partial charge in [0, 0.05) is 29.6 Å². The van der Waals surface area contributed by atoms with E-state index < -0.39 is 23.2 Å². The van der Waals surface area contributed by atoms with Crippen LogP contribution in [0.15, 0.2) is 18.2 Å². The molecule has 0 fully saturated rings. The third-order valence-corrected chi connectivity index (χ3v) is 4.52. The van der Waals surface area contributed by atoms with E-state index in [2.05, 4.69) is 0 Å². The average molecular weight is 404 g/mol. The lowest BCUT2D eigenvalue weighted by atomic mass is 10.1. The molecular formula is C20H24N2O7. The molecule has 1 aromatic carbocycles. The second-order valence-electron chi connectivity index (χ2n) is 6.24. The Hall–Kier alpha value is -3.36. The number of hydrogen-bond donors (Lipinski definition) is 0. The summed E-state index contributed by atoms with van der Waals surface area (Å²) in [5.74, 6) is -1.08. The minimum Gasteiger partial charge on any atom is -0.493 e. The van der Waals surface area contributed by atoms with Gasteiger partial charge in [-0.1, -0.05) is 0 Å². The SMILES string of the molecule is CCOc1cc([N+](=O)[O-])c(C(=O)OCC(=O)c2cc(C)n(CC)c2C)cc1OC. The first kappa shape index (κ1) is 21.9. The molecular weight excluding hydrogens is 380 g/mol. The van der Waals surface area contributed by atoms with Gasteiger partial charge in [0.1, 0.15) is 5.56 Å². The lowest BCUT2D eigenvalue weighted by molar-refractivity contribution is -0.385. The first-order valence-electron chi connectivity index (χ1n) is 9.11. The van der Waals surface area contributed by atoms with Crippen LogP contribution in [-0.2, 0) is 11.3 Å². The van der Waals surface area contributed by atoms with E-state index in [1.165, 1.54) is 13.2 Å². The molecule has 0 spiro atoms. The Morgan fingerprint density at radius 2 is 1.79 bits per heavy atom. The smallest absolute Gasteiger partial charge is 0.345 e. The molecule has 0 N–H and O–H groups in total. The largest absolute Gasteiger partial charge is 0.493 e. The molecule has 29 heavy (non-hydrogen) atoms. The number of nitro groups is 1. The van der Waals surface area contributed by atoms with Crippen molar-refractivity contribution in [2.24, 2.45) is 0 Å². The van der Waals surface area contributed by atoms with E-state index in [0.717, 1.165) is 17.5 Å². The molecule has 0 atom stereocenters. The monoisotopic (exact) mass is 404 g/mol. The molecule has 0 saturated carbocycles. The zero-order valence-corrected chi connectivity index (χ0v) is 17.1. The molecule has 0 unspecified atom stereocenters. The summed E-state index contributed by atoms with van der Waals surface area (Å²) in [7, 11) is 1.35. The first-order valence-corrected chi connectivity index (χ1v) is 9.11. The van der Waals surface area contributed by atoms with Gasteiger partial charge < -0.3 is 18.8 Å². The maximum atomic E-state index is 12.5. The normalized spacial score (nSPS) is 10.5. The van der Waals surface area contributed by atoms with Crippen molar-refractivity contribution in [2.75, 3.05) is 20.3 Å². The predicted molar refractivity (Wildman–Crippen MR) is 105 cm³/mol. The van der Waals surface area contributed by atoms with Gasteiger partial charge in [0.2, 0.25) is 5.78 Å². The van der Waals surface area contributed by atoms with Crippen LogP contribution >= 0.6 is 0 Å². The van der Waals surface area contributed by atoms with Crippen molar-refractivity contribution in [3.05, 3.63) is 50.8 Å². The highest BCUT2D eigenvalue weighted by atomic mass is 16.6. The Bertz CT molecular complexity index is 947. The molecule has 0 radical (unpaired) electrons. The van der Waals surface area contributed by atoms with Crippen molar-refractivity contribution in [3.8, 4) is 11.5 Å². The Morgan fingerprint density at radius 1 is 1.10 bits per heavy atom. The van der Waals surface area contributed by atoms with Gasteiger partial charge in [0.15, 0.2) is 18.1 Å². The van der Waals surface area contributed by atoms with Crippen LogP contribution in [0.1, 0.15) is 46.0 Å². The van der Waals surface area contributed by atoms with Crippen LogP contribution in [0.25, 0.3) is 0 Å². The fraction of sp³-hybridized carbons (Fsp3) is 0.400. The molecule has 156 valence electrons. The highest BCUT2D eigenvalue weighted by molar-refractivity contribution is 6.01. The number of ether oxygens (including phenoxy) is 3. The van der Waals surface area contributed by atoms with Gasteiger partial charge >= 0.3 is 5.97 Å². The van der Waals surface area contributed by atoms with Gasteiger partial charge in [-0.3, -0.25) is 14.9 Å². The third-order valence-electron chi connectivity index (χ3n) is 4.52. The van der Waals surface area contributed by atoms with Crippen LogP contribution in [0.3, 0.4) is 0 Å². The minimum absolute atomic E-state index is 0.140. The van der Waals surface area contributed by atoms with Gasteiger partial charge in [-0.25, -0.2) is 4.79 Å². The van der Waals surface area contributed by atoms with E-state index >= 15 is 0 Å². The van der Waals surface area contributed by atoms with Crippen molar-refractivity contribution in [3.63, 3.8) is 0 Å². The zero-order valence-electron chi connectivity index (χ0n) is 17.1. The van der Waals surface area contributed by atoms with Gasteiger partial charge in [-0.2, -0.15) is 0 Å². The molecule has 2 aromatic rings. The summed E-state index contributed by atoms with van der Waals surface area (Å²) in [6, 6.07) is 4.02. The highest BCUT2D eigenvalue weighted by Crippen LogP contribution is 2.35. The van der Waals surface area contributed by atoms with Crippen molar-refractivity contribution in [2.45, 2.75) is 34.2 Å². The summed E-state index contributed by atoms with van der Waals surface area (Å²) in [5.41, 5.74) is 1.35. The molecule has 1 aromatic heterocycles. The number of nitro benzene ring substituents is 1. The summed E-state index contributed by atoms with van der Waals surface area (Å²) in [6.07, 6.45) is 0. The summed E-state index contributed by atoms with van der Waals surface area (Å²) in [5, 5.41) is 11.4. The van der Waals surface area contributed by atoms with Crippen LogP contribution in [0.2, 0.25) is 0 Å². The number of Topliss-reactive ketones (excluding diaryl/α,β-unsaturated/α-hetero) is 1. The molecule has 0 aliphatic carbocycles. The van der Waals surface area contributed by atoms with Crippen LogP contribution in [-0.4, -0.2) is 41.6 Å². The lowest BCUT2D eigenvalue weighted by Crippen LogP contribution is -2.16. The predicted octanol–water partition coefficient (Wildman–Crippen LogP) is 3.48. The van der Waals surface area contributed by atoms with Crippen LogP contribution in [0, 0.1) is 24.0 Å².